The Bertz CT molecular complexity index is 699. The molecule has 0 bridgehead atoms. The first-order chi connectivity index (χ1) is 13.7. The molecule has 0 aromatic carbocycles. The molecule has 0 aromatic heterocycles. The number of carbonyl (C=O) groups is 2. The first-order valence-electron chi connectivity index (χ1n) is 11.7. The minimum atomic E-state index is -0.234. The molecule has 0 aromatic rings. The first kappa shape index (κ1) is 21.1. The molecule has 0 spiro atoms. The van der Waals surface area contributed by atoms with E-state index in [2.05, 4.69) is 32.9 Å². The second-order valence-electron chi connectivity index (χ2n) is 11.0. The van der Waals surface area contributed by atoms with Gasteiger partial charge in [0, 0.05) is 18.8 Å². The summed E-state index contributed by atoms with van der Waals surface area (Å²) < 4.78 is 4.83. The van der Waals surface area contributed by atoms with Crippen LogP contribution >= 0.6 is 0 Å². The van der Waals surface area contributed by atoms with Gasteiger partial charge in [-0.05, 0) is 78.9 Å². The maximum Gasteiger partial charge on any atom is 0.305 e. The Morgan fingerprint density at radius 1 is 1.31 bits per heavy atom. The number of hydrogen-bond acceptors (Lipinski definition) is 4. The fraction of sp³-hybridized carbons (Fsp3) is 0.840. The molecule has 0 saturated heterocycles. The van der Waals surface area contributed by atoms with Crippen LogP contribution in [-0.4, -0.2) is 30.1 Å². The predicted molar refractivity (Wildman–Crippen MR) is 112 cm³/mol. The van der Waals surface area contributed by atoms with Gasteiger partial charge in [0.15, 0.2) is 0 Å². The summed E-state index contributed by atoms with van der Waals surface area (Å²) >= 11 is 0. The zero-order chi connectivity index (χ0) is 21.0. The number of methoxy groups -OCH3 is 1. The molecule has 5 unspecified atom stereocenters. The number of aliphatic hydroxyl groups is 1. The van der Waals surface area contributed by atoms with Gasteiger partial charge in [0.05, 0.1) is 13.2 Å². The molecule has 4 heteroatoms. The van der Waals surface area contributed by atoms with Gasteiger partial charge >= 0.3 is 5.97 Å². The number of aliphatic hydroxyl groups excluding tert-OH is 1. The fourth-order valence-corrected chi connectivity index (χ4v) is 7.88. The van der Waals surface area contributed by atoms with Crippen LogP contribution in [0, 0.1) is 46.3 Å². The predicted octanol–water partition coefficient (Wildman–Crippen LogP) is 4.55. The summed E-state index contributed by atoms with van der Waals surface area (Å²) in [6, 6.07) is 0. The summed E-state index contributed by atoms with van der Waals surface area (Å²) in [5.41, 5.74) is 0.188. The number of hydrogen-bond donors (Lipinski definition) is 1. The van der Waals surface area contributed by atoms with Gasteiger partial charge in [-0.3, -0.25) is 9.59 Å². The molecule has 0 aliphatic heterocycles. The molecule has 0 heterocycles. The fourth-order valence-electron chi connectivity index (χ4n) is 7.88. The number of rotatable bonds is 4. The van der Waals surface area contributed by atoms with Crippen LogP contribution in [0.4, 0.5) is 0 Å². The Labute approximate surface area is 175 Å². The van der Waals surface area contributed by atoms with E-state index in [0.717, 1.165) is 38.5 Å². The molecular weight excluding hydrogens is 364 g/mol. The lowest BCUT2D eigenvalue weighted by atomic mass is 9.46. The maximum atomic E-state index is 13.4. The van der Waals surface area contributed by atoms with Gasteiger partial charge < -0.3 is 9.84 Å². The van der Waals surface area contributed by atoms with Gasteiger partial charge in [-0.25, -0.2) is 0 Å². The van der Waals surface area contributed by atoms with Crippen molar-refractivity contribution in [1.29, 1.82) is 0 Å². The van der Waals surface area contributed by atoms with Crippen molar-refractivity contribution in [2.24, 2.45) is 46.3 Å². The monoisotopic (exact) mass is 402 g/mol. The van der Waals surface area contributed by atoms with Crippen LogP contribution in [0.5, 0.6) is 0 Å². The molecule has 29 heavy (non-hydrogen) atoms. The van der Waals surface area contributed by atoms with Crippen molar-refractivity contribution in [1.82, 2.24) is 0 Å². The highest BCUT2D eigenvalue weighted by Crippen LogP contribution is 2.65. The average Bonchev–Trinajstić information content (AvgIpc) is 3.04. The Hall–Kier alpha value is -1.16. The van der Waals surface area contributed by atoms with Crippen molar-refractivity contribution in [3.63, 3.8) is 0 Å². The molecule has 0 amide bonds. The standard InChI is InChI=1S/C25H38O4/c1-15(5-8-22(28)29-4)18-6-7-19-23-20(10-12-25(18,19)3)24(2)11-9-17(26)13-16(24)14-21(23)27/h10,12,15-20,23,26H,5-9,11,13-14H2,1-4H3/t15-,16?,17-,18?,19?,20?,23?,24+,25-/m1/s1. The minimum Gasteiger partial charge on any atom is -0.469 e. The van der Waals surface area contributed by atoms with Gasteiger partial charge in [-0.1, -0.05) is 32.9 Å². The highest BCUT2D eigenvalue weighted by Gasteiger charge is 2.61. The van der Waals surface area contributed by atoms with Gasteiger partial charge in [-0.2, -0.15) is 0 Å². The van der Waals surface area contributed by atoms with Crippen LogP contribution in [0.15, 0.2) is 12.2 Å². The van der Waals surface area contributed by atoms with Crippen LogP contribution in [0.3, 0.4) is 0 Å². The van der Waals surface area contributed by atoms with Crippen molar-refractivity contribution < 1.29 is 19.4 Å². The number of Topliss-reactive ketones (excluding diaryl/α,β-unsaturated/α-hetero) is 1. The largest absolute Gasteiger partial charge is 0.469 e. The third kappa shape index (κ3) is 3.30. The minimum absolute atomic E-state index is 0.0454. The topological polar surface area (TPSA) is 63.6 Å². The lowest BCUT2D eigenvalue weighted by molar-refractivity contribution is -0.146. The van der Waals surface area contributed by atoms with E-state index in [1.54, 1.807) is 0 Å². The van der Waals surface area contributed by atoms with E-state index < -0.39 is 0 Å². The lowest BCUT2D eigenvalue weighted by Gasteiger charge is -2.58. The number of allylic oxidation sites excluding steroid dienone is 2. The molecule has 3 fully saturated rings. The highest BCUT2D eigenvalue weighted by atomic mass is 16.5. The number of esters is 1. The summed E-state index contributed by atoms with van der Waals surface area (Å²) in [5.74, 6) is 2.47. The quantitative estimate of drug-likeness (QED) is 0.553. The molecule has 4 rings (SSSR count). The Morgan fingerprint density at radius 3 is 2.79 bits per heavy atom. The molecule has 162 valence electrons. The number of carbonyl (C=O) groups excluding carboxylic acids is 2. The van der Waals surface area contributed by atoms with E-state index in [0.29, 0.717) is 48.2 Å². The zero-order valence-electron chi connectivity index (χ0n) is 18.5. The molecular formula is C25H38O4. The van der Waals surface area contributed by atoms with Gasteiger partial charge in [0.1, 0.15) is 5.78 Å². The second-order valence-corrected chi connectivity index (χ2v) is 11.0. The maximum absolute atomic E-state index is 13.4. The van der Waals surface area contributed by atoms with Crippen molar-refractivity contribution in [2.75, 3.05) is 7.11 Å². The molecule has 4 aliphatic rings. The Balaban J connectivity index is 1.58. The van der Waals surface area contributed by atoms with Gasteiger partial charge in [0.25, 0.3) is 0 Å². The average molecular weight is 403 g/mol. The van der Waals surface area contributed by atoms with Crippen LogP contribution < -0.4 is 0 Å². The molecule has 4 nitrogen and oxygen atoms in total. The van der Waals surface area contributed by atoms with Crippen LogP contribution in [0.2, 0.25) is 0 Å². The summed E-state index contributed by atoms with van der Waals surface area (Å²) in [6.07, 6.45) is 11.5. The first-order valence-corrected chi connectivity index (χ1v) is 11.7. The van der Waals surface area contributed by atoms with E-state index in [9.17, 15) is 14.7 Å². The van der Waals surface area contributed by atoms with Crippen LogP contribution in [0.25, 0.3) is 0 Å². The van der Waals surface area contributed by atoms with E-state index in [1.807, 2.05) is 0 Å². The van der Waals surface area contributed by atoms with E-state index in [-0.39, 0.29) is 28.8 Å². The van der Waals surface area contributed by atoms with Crippen molar-refractivity contribution in [3.8, 4) is 0 Å². The third-order valence-corrected chi connectivity index (χ3v) is 9.67. The van der Waals surface area contributed by atoms with Crippen molar-refractivity contribution >= 4 is 11.8 Å². The van der Waals surface area contributed by atoms with E-state index in [1.165, 1.54) is 7.11 Å². The third-order valence-electron chi connectivity index (χ3n) is 9.67. The lowest BCUT2D eigenvalue weighted by Crippen LogP contribution is -2.55. The van der Waals surface area contributed by atoms with E-state index >= 15 is 0 Å². The summed E-state index contributed by atoms with van der Waals surface area (Å²) in [5, 5.41) is 10.2. The van der Waals surface area contributed by atoms with Gasteiger partial charge in [0.2, 0.25) is 0 Å². The number of fused-ring (bicyclic) bond motifs is 5. The molecule has 9 atom stereocenters. The van der Waals surface area contributed by atoms with E-state index in [4.69, 9.17) is 4.74 Å². The van der Waals surface area contributed by atoms with Gasteiger partial charge in [-0.15, -0.1) is 0 Å². The molecule has 3 saturated carbocycles. The van der Waals surface area contributed by atoms with Crippen LogP contribution in [0.1, 0.15) is 72.1 Å². The number of ether oxygens (including phenoxy) is 1. The summed E-state index contributed by atoms with van der Waals surface area (Å²) in [4.78, 5) is 25.0. The van der Waals surface area contributed by atoms with Crippen LogP contribution in [-0.2, 0) is 14.3 Å². The molecule has 4 aliphatic carbocycles. The SMILES string of the molecule is COC(=O)CC[C@@H](C)C1CCC2C3C(=O)CC4C[C@H](O)CC[C@]4(C)C3C=C[C@@]21C. The second kappa shape index (κ2) is 7.51. The number of ketones is 1. The Morgan fingerprint density at radius 2 is 2.07 bits per heavy atom. The normalized spacial score (nSPS) is 47.1. The van der Waals surface area contributed by atoms with Crippen molar-refractivity contribution in [2.45, 2.75) is 78.2 Å². The van der Waals surface area contributed by atoms with Crippen molar-refractivity contribution in [3.05, 3.63) is 12.2 Å². The molecule has 0 radical (unpaired) electrons. The summed E-state index contributed by atoms with van der Waals surface area (Å²) in [7, 11) is 1.46. The Kier molecular flexibility index (Phi) is 5.46. The molecule has 1 N–H and O–H groups in total. The zero-order valence-corrected chi connectivity index (χ0v) is 18.5. The smallest absolute Gasteiger partial charge is 0.305 e. The summed E-state index contributed by atoms with van der Waals surface area (Å²) in [6.45, 7) is 7.01. The highest BCUT2D eigenvalue weighted by molar-refractivity contribution is 5.84.